The van der Waals surface area contributed by atoms with Crippen molar-refractivity contribution >= 4 is 21.8 Å². The number of aromatic nitrogens is 4. The Balaban J connectivity index is 1.32. The van der Waals surface area contributed by atoms with Crippen molar-refractivity contribution in [2.45, 2.75) is 67.2 Å². The van der Waals surface area contributed by atoms with Crippen LogP contribution in [-0.4, -0.2) is 25.9 Å². The zero-order valence-corrected chi connectivity index (χ0v) is 29.7. The standard InChI is InChI=1S/C43H44N4O2/c1-9-48-33-19-20-44-40(25-33)46-38-16-11-10-15-36(38)37-18-17-35(24-39(37)46)49-34-14-12-13-32(23-34)47-43(27(4)5)41(42(45-47)26(2)3)31-21-28(6)30(8)29(7)22-31/h10-27H,9H2,1-8H3. The van der Waals surface area contributed by atoms with E-state index in [1.165, 1.54) is 33.5 Å². The number of para-hydroxylation sites is 1. The first-order valence-corrected chi connectivity index (χ1v) is 17.3. The van der Waals surface area contributed by atoms with Gasteiger partial charge in [0.15, 0.2) is 0 Å². The maximum Gasteiger partial charge on any atom is 0.141 e. The van der Waals surface area contributed by atoms with E-state index in [0.717, 1.165) is 56.3 Å². The predicted molar refractivity (Wildman–Crippen MR) is 201 cm³/mol. The molecule has 6 heteroatoms. The van der Waals surface area contributed by atoms with Gasteiger partial charge in [-0.05, 0) is 98.2 Å². The highest BCUT2D eigenvalue weighted by atomic mass is 16.5. The molecule has 248 valence electrons. The second kappa shape index (κ2) is 12.9. The van der Waals surface area contributed by atoms with Gasteiger partial charge >= 0.3 is 0 Å². The summed E-state index contributed by atoms with van der Waals surface area (Å²) in [4.78, 5) is 4.74. The summed E-state index contributed by atoms with van der Waals surface area (Å²) >= 11 is 0. The lowest BCUT2D eigenvalue weighted by molar-refractivity contribution is 0.340. The molecule has 4 aromatic carbocycles. The number of aryl methyl sites for hydroxylation is 2. The second-order valence-corrected chi connectivity index (χ2v) is 13.5. The molecule has 0 fully saturated rings. The highest BCUT2D eigenvalue weighted by Crippen LogP contribution is 2.40. The Kier molecular flexibility index (Phi) is 8.49. The minimum absolute atomic E-state index is 0.251. The van der Waals surface area contributed by atoms with E-state index in [1.54, 1.807) is 6.20 Å². The average Bonchev–Trinajstić information content (AvgIpc) is 3.65. The van der Waals surface area contributed by atoms with Gasteiger partial charge in [-0.25, -0.2) is 9.67 Å². The van der Waals surface area contributed by atoms with Crippen molar-refractivity contribution in [3.63, 3.8) is 0 Å². The van der Waals surface area contributed by atoms with Gasteiger partial charge < -0.3 is 9.47 Å². The molecule has 0 unspecified atom stereocenters. The molecule has 49 heavy (non-hydrogen) atoms. The molecular weight excluding hydrogens is 604 g/mol. The van der Waals surface area contributed by atoms with Crippen LogP contribution in [0.2, 0.25) is 0 Å². The van der Waals surface area contributed by atoms with Crippen LogP contribution < -0.4 is 9.47 Å². The maximum atomic E-state index is 6.61. The maximum absolute atomic E-state index is 6.61. The zero-order valence-electron chi connectivity index (χ0n) is 29.7. The zero-order chi connectivity index (χ0) is 34.4. The lowest BCUT2D eigenvalue weighted by Crippen LogP contribution is -2.05. The van der Waals surface area contributed by atoms with Crippen molar-refractivity contribution in [3.05, 3.63) is 125 Å². The molecule has 3 aromatic heterocycles. The lowest BCUT2D eigenvalue weighted by atomic mass is 9.90. The SMILES string of the molecule is CCOc1ccnc(-n2c3ccccc3c3ccc(Oc4cccc(-n5nc(C(C)C)c(-c6cc(C)c(C)c(C)c6)c5C(C)C)c4)cc32)c1. The molecule has 7 rings (SSSR count). The van der Waals surface area contributed by atoms with Gasteiger partial charge in [0.25, 0.3) is 0 Å². The van der Waals surface area contributed by atoms with E-state index in [2.05, 4.69) is 118 Å². The average molecular weight is 649 g/mol. The molecule has 0 amide bonds. The number of pyridine rings is 1. The van der Waals surface area contributed by atoms with E-state index in [4.69, 9.17) is 19.6 Å². The molecule has 7 aromatic rings. The number of rotatable bonds is 9. The van der Waals surface area contributed by atoms with Crippen molar-refractivity contribution in [1.82, 2.24) is 19.3 Å². The van der Waals surface area contributed by atoms with Gasteiger partial charge in [-0.2, -0.15) is 5.10 Å². The molecule has 0 radical (unpaired) electrons. The van der Waals surface area contributed by atoms with Crippen molar-refractivity contribution < 1.29 is 9.47 Å². The Bertz CT molecular complexity index is 2300. The highest BCUT2D eigenvalue weighted by Gasteiger charge is 2.25. The van der Waals surface area contributed by atoms with Gasteiger partial charge in [0, 0.05) is 40.7 Å². The molecule has 0 spiro atoms. The first-order chi connectivity index (χ1) is 23.6. The van der Waals surface area contributed by atoms with E-state index in [9.17, 15) is 0 Å². The van der Waals surface area contributed by atoms with Crippen LogP contribution >= 0.6 is 0 Å². The fourth-order valence-electron chi connectivity index (χ4n) is 6.91. The Hall–Kier alpha value is -5.36. The summed E-state index contributed by atoms with van der Waals surface area (Å²) in [6.45, 7) is 18.1. The molecule has 3 heterocycles. The predicted octanol–water partition coefficient (Wildman–Crippen LogP) is 11.4. The van der Waals surface area contributed by atoms with Crippen molar-refractivity contribution in [2.24, 2.45) is 0 Å². The number of fused-ring (bicyclic) bond motifs is 3. The normalized spacial score (nSPS) is 11.7. The topological polar surface area (TPSA) is 54.1 Å². The number of nitrogens with zero attached hydrogens (tertiary/aromatic N) is 4. The van der Waals surface area contributed by atoms with E-state index in [0.29, 0.717) is 6.61 Å². The van der Waals surface area contributed by atoms with Gasteiger partial charge in [0.1, 0.15) is 23.1 Å². The minimum Gasteiger partial charge on any atom is -0.494 e. The lowest BCUT2D eigenvalue weighted by Gasteiger charge is -2.16. The highest BCUT2D eigenvalue weighted by molar-refractivity contribution is 6.09. The minimum atomic E-state index is 0.251. The molecule has 0 saturated carbocycles. The third-order valence-corrected chi connectivity index (χ3v) is 9.46. The van der Waals surface area contributed by atoms with E-state index < -0.39 is 0 Å². The van der Waals surface area contributed by atoms with Gasteiger partial charge in [0.2, 0.25) is 0 Å². The number of hydrogen-bond donors (Lipinski definition) is 0. The molecule has 0 N–H and O–H groups in total. The van der Waals surface area contributed by atoms with Crippen molar-refractivity contribution in [3.8, 4) is 39.9 Å². The molecule has 0 atom stereocenters. The second-order valence-electron chi connectivity index (χ2n) is 13.5. The quantitative estimate of drug-likeness (QED) is 0.156. The van der Waals surface area contributed by atoms with Crippen LogP contribution in [0.1, 0.15) is 74.5 Å². The summed E-state index contributed by atoms with van der Waals surface area (Å²) in [6.07, 6.45) is 1.80. The summed E-state index contributed by atoms with van der Waals surface area (Å²) in [5, 5.41) is 7.57. The third kappa shape index (κ3) is 5.86. The Morgan fingerprint density at radius 3 is 2.16 bits per heavy atom. The molecule has 0 saturated heterocycles. The Morgan fingerprint density at radius 1 is 0.694 bits per heavy atom. The number of ether oxygens (including phenoxy) is 2. The van der Waals surface area contributed by atoms with E-state index >= 15 is 0 Å². The van der Waals surface area contributed by atoms with E-state index in [-0.39, 0.29) is 11.8 Å². The van der Waals surface area contributed by atoms with Crippen molar-refractivity contribution in [1.29, 1.82) is 0 Å². The van der Waals surface area contributed by atoms with Crippen LogP contribution in [0.15, 0.2) is 97.2 Å². The Morgan fingerprint density at radius 2 is 1.43 bits per heavy atom. The summed E-state index contributed by atoms with van der Waals surface area (Å²) in [6, 6.07) is 31.5. The van der Waals surface area contributed by atoms with Crippen LogP contribution in [0.3, 0.4) is 0 Å². The van der Waals surface area contributed by atoms with E-state index in [1.807, 2.05) is 37.3 Å². The van der Waals surface area contributed by atoms with Crippen LogP contribution in [0.5, 0.6) is 17.2 Å². The fourth-order valence-corrected chi connectivity index (χ4v) is 6.91. The first kappa shape index (κ1) is 32.2. The molecule has 0 aliphatic rings. The molecule has 0 aliphatic carbocycles. The monoisotopic (exact) mass is 648 g/mol. The number of hydrogen-bond acceptors (Lipinski definition) is 4. The summed E-state index contributed by atoms with van der Waals surface area (Å²) in [5.74, 6) is 3.59. The van der Waals surface area contributed by atoms with Gasteiger partial charge in [-0.15, -0.1) is 0 Å². The van der Waals surface area contributed by atoms with Crippen LogP contribution in [0, 0.1) is 20.8 Å². The number of benzene rings is 4. The first-order valence-electron chi connectivity index (χ1n) is 17.3. The summed E-state index contributed by atoms with van der Waals surface area (Å²) < 4.78 is 16.7. The molecule has 6 nitrogen and oxygen atoms in total. The fraction of sp³-hybridized carbons (Fsp3) is 0.256. The molecular formula is C43H44N4O2. The summed E-state index contributed by atoms with van der Waals surface area (Å²) in [5.41, 5.74) is 11.8. The van der Waals surface area contributed by atoms with Gasteiger partial charge in [-0.1, -0.05) is 64.1 Å². The largest absolute Gasteiger partial charge is 0.494 e. The van der Waals surface area contributed by atoms with Crippen LogP contribution in [0.4, 0.5) is 0 Å². The van der Waals surface area contributed by atoms with Gasteiger partial charge in [-0.3, -0.25) is 4.57 Å². The smallest absolute Gasteiger partial charge is 0.141 e. The van der Waals surface area contributed by atoms with Crippen LogP contribution in [0.25, 0.3) is 44.4 Å². The molecule has 0 bridgehead atoms. The van der Waals surface area contributed by atoms with Gasteiger partial charge in [0.05, 0.1) is 34.7 Å². The third-order valence-electron chi connectivity index (χ3n) is 9.46. The Labute approximate surface area is 289 Å². The van der Waals surface area contributed by atoms with Crippen LogP contribution in [-0.2, 0) is 0 Å². The molecule has 0 aliphatic heterocycles. The summed E-state index contributed by atoms with van der Waals surface area (Å²) in [7, 11) is 0. The van der Waals surface area contributed by atoms with Crippen molar-refractivity contribution in [2.75, 3.05) is 6.61 Å².